The van der Waals surface area contributed by atoms with Crippen molar-refractivity contribution in [3.05, 3.63) is 34.5 Å². The number of aromatic nitrogens is 1. The summed E-state index contributed by atoms with van der Waals surface area (Å²) < 4.78 is 0. The predicted molar refractivity (Wildman–Crippen MR) is 53.7 cm³/mol. The maximum Gasteiger partial charge on any atom is 0.119 e. The molecule has 2 rings (SSSR count). The Morgan fingerprint density at radius 2 is 2.31 bits per heavy atom. The molecule has 1 aliphatic carbocycles. The summed E-state index contributed by atoms with van der Waals surface area (Å²) in [6, 6.07) is 0. The van der Waals surface area contributed by atoms with Gasteiger partial charge in [0.05, 0.1) is 0 Å². The zero-order valence-electron chi connectivity index (χ0n) is 7.03. The van der Waals surface area contributed by atoms with Crippen molar-refractivity contribution in [2.24, 2.45) is 0 Å². The Bertz CT molecular complexity index is 327. The number of hydrogen-bond acceptors (Lipinski definition) is 3. The summed E-state index contributed by atoms with van der Waals surface area (Å²) in [5.74, 6) is 0.367. The van der Waals surface area contributed by atoms with E-state index in [1.807, 2.05) is 11.5 Å². The number of thiazole rings is 1. The molecule has 0 radical (unpaired) electrons. The van der Waals surface area contributed by atoms with E-state index >= 15 is 0 Å². The molecule has 0 saturated carbocycles. The molecule has 4 heteroatoms. The second kappa shape index (κ2) is 4.20. The number of aliphatic hydroxyl groups is 1. The van der Waals surface area contributed by atoms with Crippen LogP contribution in [0.5, 0.6) is 0 Å². The highest BCUT2D eigenvalue weighted by Gasteiger charge is 2.08. The summed E-state index contributed by atoms with van der Waals surface area (Å²) in [5.41, 5.74) is 1.14. The van der Waals surface area contributed by atoms with Gasteiger partial charge in [-0.3, -0.25) is 0 Å². The Hall–Kier alpha value is -1.13. The lowest BCUT2D eigenvalue weighted by atomic mass is 10.1. The molecule has 0 atom stereocenters. The molecular weight excluding hydrogens is 186 g/mol. The third kappa shape index (κ3) is 2.17. The number of nitrogens with zero attached hydrogens (tertiary/aromatic N) is 1. The third-order valence-corrected chi connectivity index (χ3v) is 2.64. The molecule has 0 spiro atoms. The van der Waals surface area contributed by atoms with E-state index in [4.69, 9.17) is 0 Å². The molecule has 0 unspecified atom stereocenters. The fraction of sp³-hybridized carbons (Fsp3) is 0.222. The molecule has 0 saturated heterocycles. The standard InChI is InChI=1S/C9H9NOS.H2O/c11-8-3-1-2-7(6-8)9-10-4-5-12-9;/h3-6,11H,1-2H2;1H2. The van der Waals surface area contributed by atoms with E-state index in [0.29, 0.717) is 5.76 Å². The van der Waals surface area contributed by atoms with E-state index in [9.17, 15) is 5.11 Å². The monoisotopic (exact) mass is 197 g/mol. The van der Waals surface area contributed by atoms with E-state index in [1.165, 1.54) is 0 Å². The first-order valence-corrected chi connectivity index (χ1v) is 4.74. The third-order valence-electron chi connectivity index (χ3n) is 1.80. The molecule has 0 bridgehead atoms. The highest BCUT2D eigenvalue weighted by atomic mass is 32.1. The van der Waals surface area contributed by atoms with Gasteiger partial charge < -0.3 is 10.6 Å². The maximum atomic E-state index is 9.24. The van der Waals surface area contributed by atoms with E-state index < -0.39 is 0 Å². The van der Waals surface area contributed by atoms with E-state index in [2.05, 4.69) is 4.98 Å². The summed E-state index contributed by atoms with van der Waals surface area (Å²) in [4.78, 5) is 4.19. The smallest absolute Gasteiger partial charge is 0.119 e. The lowest BCUT2D eigenvalue weighted by Crippen LogP contribution is -1.90. The first-order chi connectivity index (χ1) is 5.86. The van der Waals surface area contributed by atoms with E-state index in [-0.39, 0.29) is 5.48 Å². The minimum Gasteiger partial charge on any atom is -0.508 e. The largest absolute Gasteiger partial charge is 0.508 e. The fourth-order valence-corrected chi connectivity index (χ4v) is 1.92. The molecule has 0 amide bonds. The van der Waals surface area contributed by atoms with Crippen molar-refractivity contribution in [1.82, 2.24) is 4.98 Å². The summed E-state index contributed by atoms with van der Waals surface area (Å²) in [7, 11) is 0. The highest BCUT2D eigenvalue weighted by Crippen LogP contribution is 2.26. The molecule has 3 N–H and O–H groups in total. The molecule has 1 aromatic heterocycles. The zero-order valence-corrected chi connectivity index (χ0v) is 7.84. The van der Waals surface area contributed by atoms with Gasteiger partial charge in [-0.25, -0.2) is 4.98 Å². The van der Waals surface area contributed by atoms with Crippen molar-refractivity contribution in [2.75, 3.05) is 0 Å². The number of hydrogen-bond donors (Lipinski definition) is 1. The van der Waals surface area contributed by atoms with Crippen LogP contribution in [0.1, 0.15) is 17.8 Å². The Balaban J connectivity index is 0.000000845. The minimum absolute atomic E-state index is 0. The first kappa shape index (κ1) is 9.95. The quantitative estimate of drug-likeness (QED) is 0.747. The van der Waals surface area contributed by atoms with Crippen molar-refractivity contribution in [2.45, 2.75) is 12.8 Å². The number of rotatable bonds is 1. The normalized spacial score (nSPS) is 15.7. The van der Waals surface area contributed by atoms with Crippen LogP contribution in [-0.2, 0) is 0 Å². The average molecular weight is 197 g/mol. The predicted octanol–water partition coefficient (Wildman–Crippen LogP) is 1.94. The van der Waals surface area contributed by atoms with Gasteiger partial charge in [0.2, 0.25) is 0 Å². The van der Waals surface area contributed by atoms with Gasteiger partial charge in [-0.1, -0.05) is 0 Å². The minimum atomic E-state index is 0. The van der Waals surface area contributed by atoms with Gasteiger partial charge in [-0.15, -0.1) is 11.3 Å². The van der Waals surface area contributed by atoms with E-state index in [0.717, 1.165) is 23.4 Å². The van der Waals surface area contributed by atoms with Gasteiger partial charge in [0, 0.05) is 11.6 Å². The molecule has 0 fully saturated rings. The molecule has 3 nitrogen and oxygen atoms in total. The molecule has 0 aromatic carbocycles. The van der Waals surface area contributed by atoms with Gasteiger partial charge in [0.1, 0.15) is 10.8 Å². The molecule has 1 aliphatic rings. The van der Waals surface area contributed by atoms with Crippen LogP contribution < -0.4 is 0 Å². The Labute approximate surface area is 80.4 Å². The summed E-state index contributed by atoms with van der Waals surface area (Å²) in [6.45, 7) is 0. The van der Waals surface area contributed by atoms with Crippen molar-refractivity contribution in [3.63, 3.8) is 0 Å². The Kier molecular flexibility index (Phi) is 3.22. The lowest BCUT2D eigenvalue weighted by molar-refractivity contribution is 0.428. The van der Waals surface area contributed by atoms with Crippen LogP contribution in [-0.4, -0.2) is 15.6 Å². The zero-order chi connectivity index (χ0) is 8.39. The van der Waals surface area contributed by atoms with Crippen LogP contribution in [0.3, 0.4) is 0 Å². The van der Waals surface area contributed by atoms with Gasteiger partial charge in [0.15, 0.2) is 0 Å². The summed E-state index contributed by atoms with van der Waals surface area (Å²) in [6.07, 6.45) is 7.31. The molecular formula is C9H11NO2S. The molecule has 1 heterocycles. The second-order valence-electron chi connectivity index (χ2n) is 2.67. The lowest BCUT2D eigenvalue weighted by Gasteiger charge is -2.07. The van der Waals surface area contributed by atoms with Crippen LogP contribution in [0.2, 0.25) is 0 Å². The Morgan fingerprint density at radius 1 is 1.46 bits per heavy atom. The number of aliphatic hydroxyl groups excluding tert-OH is 1. The SMILES string of the molecule is O.OC1=CCCC(c2nccs2)=C1. The van der Waals surface area contributed by atoms with Crippen molar-refractivity contribution < 1.29 is 10.6 Å². The molecule has 0 aliphatic heterocycles. The van der Waals surface area contributed by atoms with Gasteiger partial charge in [-0.2, -0.15) is 0 Å². The summed E-state index contributed by atoms with van der Waals surface area (Å²) >= 11 is 1.61. The van der Waals surface area contributed by atoms with E-state index in [1.54, 1.807) is 23.6 Å². The molecule has 1 aromatic rings. The molecule has 70 valence electrons. The number of allylic oxidation sites excluding steroid dienone is 3. The molecule has 13 heavy (non-hydrogen) atoms. The van der Waals surface area contributed by atoms with Crippen LogP contribution in [0.4, 0.5) is 0 Å². The van der Waals surface area contributed by atoms with Crippen molar-refractivity contribution in [3.8, 4) is 0 Å². The van der Waals surface area contributed by atoms with Gasteiger partial charge >= 0.3 is 0 Å². The average Bonchev–Trinajstić information content (AvgIpc) is 2.56. The van der Waals surface area contributed by atoms with Gasteiger partial charge in [0.25, 0.3) is 0 Å². The highest BCUT2D eigenvalue weighted by molar-refractivity contribution is 7.10. The summed E-state index contributed by atoms with van der Waals surface area (Å²) in [5, 5.41) is 12.2. The van der Waals surface area contributed by atoms with Crippen molar-refractivity contribution >= 4 is 16.9 Å². The van der Waals surface area contributed by atoms with Crippen LogP contribution in [0.15, 0.2) is 29.5 Å². The second-order valence-corrected chi connectivity index (χ2v) is 3.57. The fourth-order valence-electron chi connectivity index (χ4n) is 1.24. The maximum absolute atomic E-state index is 9.24. The topological polar surface area (TPSA) is 64.6 Å². The first-order valence-electron chi connectivity index (χ1n) is 3.86. The van der Waals surface area contributed by atoms with Crippen LogP contribution >= 0.6 is 11.3 Å². The van der Waals surface area contributed by atoms with Gasteiger partial charge in [-0.05, 0) is 30.6 Å². The Morgan fingerprint density at radius 3 is 2.92 bits per heavy atom. The van der Waals surface area contributed by atoms with Crippen molar-refractivity contribution in [1.29, 1.82) is 0 Å². The van der Waals surface area contributed by atoms with Crippen LogP contribution in [0, 0.1) is 0 Å². The van der Waals surface area contributed by atoms with Crippen LogP contribution in [0.25, 0.3) is 5.57 Å².